The minimum atomic E-state index is -0.588. The largest absolute Gasteiger partial charge is 0.389 e. The van der Waals surface area contributed by atoms with Gasteiger partial charge in [0.15, 0.2) is 0 Å². The van der Waals surface area contributed by atoms with Crippen LogP contribution in [0.3, 0.4) is 0 Å². The predicted octanol–water partition coefficient (Wildman–Crippen LogP) is 1.39. The molecule has 0 saturated carbocycles. The van der Waals surface area contributed by atoms with E-state index in [2.05, 4.69) is 24.5 Å². The lowest BCUT2D eigenvalue weighted by atomic mass is 10.3. The Bertz CT molecular complexity index is 252. The van der Waals surface area contributed by atoms with Crippen LogP contribution >= 0.6 is 0 Å². The highest BCUT2D eigenvalue weighted by molar-refractivity contribution is 6.05. The lowest BCUT2D eigenvalue weighted by Crippen LogP contribution is -1.95. The van der Waals surface area contributed by atoms with Crippen LogP contribution in [0.15, 0.2) is 37.5 Å². The maximum Gasteiger partial charge on any atom is 0.341 e. The van der Waals surface area contributed by atoms with Crippen LogP contribution in [0.25, 0.3) is 0 Å². The van der Waals surface area contributed by atoms with Crippen LogP contribution in [0.1, 0.15) is 6.42 Å². The average Bonchev–Trinajstić information content (AvgIpc) is 2.46. The minimum Gasteiger partial charge on any atom is -0.389 e. The fourth-order valence-electron chi connectivity index (χ4n) is 0.693. The first-order chi connectivity index (χ1) is 7.11. The zero-order valence-corrected chi connectivity index (χ0v) is 8.53. The Hall–Kier alpha value is -1.68. The van der Waals surface area contributed by atoms with E-state index < -0.39 is 11.9 Å². The Morgan fingerprint density at radius 2 is 1.80 bits per heavy atom. The third-order valence-corrected chi connectivity index (χ3v) is 1.32. The van der Waals surface area contributed by atoms with Crippen LogP contribution in [0.4, 0.5) is 0 Å². The fraction of sp³-hybridized carbons (Fsp3) is 0.273. The van der Waals surface area contributed by atoms with E-state index >= 15 is 0 Å². The predicted molar refractivity (Wildman–Crippen MR) is 56.1 cm³/mol. The number of rotatable bonds is 4. The minimum absolute atomic E-state index is 0.0544. The van der Waals surface area contributed by atoms with E-state index in [1.807, 2.05) is 0 Å². The van der Waals surface area contributed by atoms with E-state index in [1.165, 1.54) is 0 Å². The van der Waals surface area contributed by atoms with Gasteiger partial charge in [-0.3, -0.25) is 4.79 Å². The van der Waals surface area contributed by atoms with Crippen molar-refractivity contribution in [2.24, 2.45) is 0 Å². The molecule has 1 saturated heterocycles. The number of cyclic esters (lactones) is 2. The van der Waals surface area contributed by atoms with E-state index in [1.54, 1.807) is 12.2 Å². The molecule has 0 atom stereocenters. The zero-order valence-electron chi connectivity index (χ0n) is 8.53. The van der Waals surface area contributed by atoms with Gasteiger partial charge >= 0.3 is 11.9 Å². The third kappa shape index (κ3) is 6.40. The SMILES string of the molecule is C=C1CC(=O)OC1=O.C=CCOCC=C. The van der Waals surface area contributed by atoms with Crippen molar-refractivity contribution in [2.45, 2.75) is 6.42 Å². The molecule has 0 spiro atoms. The van der Waals surface area contributed by atoms with Crippen LogP contribution in [0, 0.1) is 0 Å². The van der Waals surface area contributed by atoms with Crippen molar-refractivity contribution in [1.82, 2.24) is 0 Å². The molecule has 0 radical (unpaired) electrons. The van der Waals surface area contributed by atoms with Crippen molar-refractivity contribution < 1.29 is 19.1 Å². The van der Waals surface area contributed by atoms with Gasteiger partial charge in [-0.1, -0.05) is 18.7 Å². The molecule has 0 aliphatic carbocycles. The van der Waals surface area contributed by atoms with Crippen molar-refractivity contribution in [1.29, 1.82) is 0 Å². The molecule has 0 N–H and O–H groups in total. The van der Waals surface area contributed by atoms with E-state index in [4.69, 9.17) is 4.74 Å². The summed E-state index contributed by atoms with van der Waals surface area (Å²) in [5, 5.41) is 0. The molecule has 82 valence electrons. The summed E-state index contributed by atoms with van der Waals surface area (Å²) < 4.78 is 8.99. The molecule has 1 aliphatic heterocycles. The Morgan fingerprint density at radius 3 is 2.00 bits per heavy atom. The van der Waals surface area contributed by atoms with Crippen LogP contribution in [0.5, 0.6) is 0 Å². The van der Waals surface area contributed by atoms with Crippen molar-refractivity contribution in [3.05, 3.63) is 37.5 Å². The van der Waals surface area contributed by atoms with Gasteiger partial charge in [-0.15, -0.1) is 13.2 Å². The van der Waals surface area contributed by atoms with Crippen LogP contribution in [0.2, 0.25) is 0 Å². The molecule has 0 bridgehead atoms. The summed E-state index contributed by atoms with van der Waals surface area (Å²) in [6.07, 6.45) is 3.48. The highest BCUT2D eigenvalue weighted by Gasteiger charge is 2.24. The summed E-state index contributed by atoms with van der Waals surface area (Å²) in [7, 11) is 0. The molecule has 1 heterocycles. The van der Waals surface area contributed by atoms with Gasteiger partial charge < -0.3 is 9.47 Å². The van der Waals surface area contributed by atoms with Crippen LogP contribution < -0.4 is 0 Å². The zero-order chi connectivity index (χ0) is 11.7. The number of hydrogen-bond donors (Lipinski definition) is 0. The average molecular weight is 210 g/mol. The first-order valence-electron chi connectivity index (χ1n) is 4.34. The fourth-order valence-corrected chi connectivity index (χ4v) is 0.693. The van der Waals surface area contributed by atoms with E-state index in [0.717, 1.165) is 0 Å². The molecule has 0 aromatic heterocycles. The summed E-state index contributed by atoms with van der Waals surface area (Å²) >= 11 is 0. The van der Waals surface area contributed by atoms with Gasteiger partial charge in [-0.25, -0.2) is 4.79 Å². The van der Waals surface area contributed by atoms with Gasteiger partial charge in [0.25, 0.3) is 0 Å². The van der Waals surface area contributed by atoms with E-state index in [-0.39, 0.29) is 12.0 Å². The number of hydrogen-bond acceptors (Lipinski definition) is 4. The van der Waals surface area contributed by atoms with E-state index in [9.17, 15) is 9.59 Å². The summed E-state index contributed by atoms with van der Waals surface area (Å²) in [6, 6.07) is 0. The standard InChI is InChI=1S/C6H10O.C5H4O3/c1-3-5-7-6-4-2;1-3-2-4(6)8-5(3)7/h3-4H,1-2,5-6H2;1-2H2. The Labute approximate surface area is 88.9 Å². The Balaban J connectivity index is 0.000000265. The highest BCUT2D eigenvalue weighted by atomic mass is 16.6. The van der Waals surface area contributed by atoms with Gasteiger partial charge in [0.05, 0.1) is 19.6 Å². The number of carbonyl (C=O) groups is 2. The quantitative estimate of drug-likeness (QED) is 0.231. The van der Waals surface area contributed by atoms with Crippen molar-refractivity contribution >= 4 is 11.9 Å². The maximum atomic E-state index is 10.2. The van der Waals surface area contributed by atoms with E-state index in [0.29, 0.717) is 13.2 Å². The highest BCUT2D eigenvalue weighted by Crippen LogP contribution is 2.10. The van der Waals surface area contributed by atoms with Gasteiger partial charge in [0.1, 0.15) is 0 Å². The summed E-state index contributed by atoms with van der Waals surface area (Å²) in [6.45, 7) is 11.5. The molecule has 1 aliphatic rings. The maximum absolute atomic E-state index is 10.2. The second-order valence-corrected chi connectivity index (χ2v) is 2.66. The smallest absolute Gasteiger partial charge is 0.341 e. The summed E-state index contributed by atoms with van der Waals surface area (Å²) in [4.78, 5) is 20.4. The normalized spacial score (nSPS) is 14.0. The second-order valence-electron chi connectivity index (χ2n) is 2.66. The van der Waals surface area contributed by atoms with Gasteiger partial charge in [0.2, 0.25) is 0 Å². The van der Waals surface area contributed by atoms with Crippen molar-refractivity contribution in [3.63, 3.8) is 0 Å². The summed E-state index contributed by atoms with van der Waals surface area (Å²) in [5.74, 6) is -1.09. The molecule has 0 unspecified atom stereocenters. The first kappa shape index (κ1) is 13.3. The third-order valence-electron chi connectivity index (χ3n) is 1.32. The Morgan fingerprint density at radius 1 is 1.27 bits per heavy atom. The molecule has 15 heavy (non-hydrogen) atoms. The van der Waals surface area contributed by atoms with Crippen LogP contribution in [-0.4, -0.2) is 25.2 Å². The molecular weight excluding hydrogens is 196 g/mol. The molecule has 1 rings (SSSR count). The number of esters is 2. The van der Waals surface area contributed by atoms with Gasteiger partial charge in [-0.05, 0) is 0 Å². The molecule has 0 amide bonds. The van der Waals surface area contributed by atoms with Crippen LogP contribution in [-0.2, 0) is 19.1 Å². The lowest BCUT2D eigenvalue weighted by Gasteiger charge is -1.89. The van der Waals surface area contributed by atoms with Gasteiger partial charge in [0, 0.05) is 5.57 Å². The van der Waals surface area contributed by atoms with Crippen molar-refractivity contribution in [3.8, 4) is 0 Å². The molecule has 4 nitrogen and oxygen atoms in total. The monoisotopic (exact) mass is 210 g/mol. The number of ether oxygens (including phenoxy) is 2. The topological polar surface area (TPSA) is 52.6 Å². The van der Waals surface area contributed by atoms with Crippen molar-refractivity contribution in [2.75, 3.05) is 13.2 Å². The van der Waals surface area contributed by atoms with Gasteiger partial charge in [-0.2, -0.15) is 0 Å². The molecule has 0 aromatic rings. The molecular formula is C11H14O4. The molecule has 0 aromatic carbocycles. The molecule has 1 fully saturated rings. The molecule has 4 heteroatoms. The number of carbonyl (C=O) groups excluding carboxylic acids is 2. The summed E-state index contributed by atoms with van der Waals surface area (Å²) in [5.41, 5.74) is 0.245. The lowest BCUT2D eigenvalue weighted by molar-refractivity contribution is -0.151. The Kier molecular flexibility index (Phi) is 6.84. The second kappa shape index (κ2) is 7.70. The first-order valence-corrected chi connectivity index (χ1v) is 4.34.